The number of hydrogen-bond donors (Lipinski definition) is 4. The van der Waals surface area contributed by atoms with Gasteiger partial charge in [0.1, 0.15) is 11.9 Å². The number of aromatic hydroxyl groups is 1. The third-order valence-electron chi connectivity index (χ3n) is 2.56. The van der Waals surface area contributed by atoms with Gasteiger partial charge >= 0.3 is 5.97 Å². The molecular formula is C11H11NO8. The lowest BCUT2D eigenvalue weighted by Crippen LogP contribution is -2.22. The van der Waals surface area contributed by atoms with Gasteiger partial charge in [-0.25, -0.2) is 0 Å². The van der Waals surface area contributed by atoms with Gasteiger partial charge in [0, 0.05) is 17.7 Å². The topological polar surface area (TPSA) is 158 Å². The second-order valence-corrected chi connectivity index (χ2v) is 3.96. The van der Waals surface area contributed by atoms with Gasteiger partial charge in [-0.1, -0.05) is 0 Å². The van der Waals surface area contributed by atoms with E-state index in [0.29, 0.717) is 0 Å². The Balaban J connectivity index is 3.28. The molecule has 0 radical (unpaired) electrons. The van der Waals surface area contributed by atoms with Crippen LogP contribution in [0, 0.1) is 10.1 Å². The molecule has 4 N–H and O–H groups in total. The Morgan fingerprint density at radius 3 is 2.45 bits per heavy atom. The molecule has 20 heavy (non-hydrogen) atoms. The standard InChI is InChI=1S/C11H11NO8/c13-4-5-1-6(12(19)20)2-7(10(5)17)11(18)8(14)3-9(15)16/h1-2,4,8,11,14,17-18H,3H2,(H,15,16). The first-order chi connectivity index (χ1) is 9.27. The average molecular weight is 285 g/mol. The van der Waals surface area contributed by atoms with Crippen LogP contribution in [-0.2, 0) is 4.79 Å². The molecule has 0 amide bonds. The number of carboxylic acid groups (broad SMARTS) is 1. The summed E-state index contributed by atoms with van der Waals surface area (Å²) >= 11 is 0. The van der Waals surface area contributed by atoms with E-state index >= 15 is 0 Å². The van der Waals surface area contributed by atoms with Crippen LogP contribution >= 0.6 is 0 Å². The summed E-state index contributed by atoms with van der Waals surface area (Å²) in [6.07, 6.45) is -4.37. The summed E-state index contributed by atoms with van der Waals surface area (Å²) in [6.45, 7) is 0. The van der Waals surface area contributed by atoms with E-state index in [4.69, 9.17) is 5.11 Å². The van der Waals surface area contributed by atoms with Gasteiger partial charge in [0.25, 0.3) is 5.69 Å². The quantitative estimate of drug-likeness (QED) is 0.322. The molecule has 9 nitrogen and oxygen atoms in total. The molecule has 0 aromatic heterocycles. The summed E-state index contributed by atoms with van der Waals surface area (Å²) in [5, 5.41) is 48.0. The van der Waals surface area contributed by atoms with E-state index in [0.717, 1.165) is 12.1 Å². The van der Waals surface area contributed by atoms with Crippen molar-refractivity contribution in [3.63, 3.8) is 0 Å². The van der Waals surface area contributed by atoms with Crippen LogP contribution in [0.3, 0.4) is 0 Å². The lowest BCUT2D eigenvalue weighted by Gasteiger charge is -2.18. The van der Waals surface area contributed by atoms with Crippen LogP contribution in [0.25, 0.3) is 0 Å². The van der Waals surface area contributed by atoms with Crippen molar-refractivity contribution < 1.29 is 34.9 Å². The zero-order chi connectivity index (χ0) is 15.4. The molecule has 108 valence electrons. The van der Waals surface area contributed by atoms with Gasteiger partial charge in [-0.05, 0) is 0 Å². The highest BCUT2D eigenvalue weighted by Crippen LogP contribution is 2.33. The van der Waals surface area contributed by atoms with Crippen LogP contribution in [0.4, 0.5) is 5.69 Å². The van der Waals surface area contributed by atoms with Crippen molar-refractivity contribution in [1.29, 1.82) is 0 Å². The predicted octanol–water partition coefficient (Wildman–Crippen LogP) is -0.0181. The van der Waals surface area contributed by atoms with Crippen LogP contribution < -0.4 is 0 Å². The summed E-state index contributed by atoms with van der Waals surface area (Å²) in [4.78, 5) is 31.0. The van der Waals surface area contributed by atoms with Crippen molar-refractivity contribution in [3.05, 3.63) is 33.4 Å². The number of carboxylic acids is 1. The number of aldehydes is 1. The second kappa shape index (κ2) is 6.08. The molecule has 0 fully saturated rings. The highest BCUT2D eigenvalue weighted by molar-refractivity contribution is 5.81. The van der Waals surface area contributed by atoms with Crippen molar-refractivity contribution in [2.24, 2.45) is 0 Å². The largest absolute Gasteiger partial charge is 0.507 e. The number of non-ortho nitro benzene ring substituents is 1. The number of aliphatic hydroxyl groups is 2. The van der Waals surface area contributed by atoms with Crippen LogP contribution in [-0.4, -0.2) is 43.7 Å². The molecule has 0 aliphatic carbocycles. The molecule has 0 saturated heterocycles. The van der Waals surface area contributed by atoms with E-state index in [1.54, 1.807) is 0 Å². The number of hydrogen-bond acceptors (Lipinski definition) is 7. The van der Waals surface area contributed by atoms with E-state index in [9.17, 15) is 35.0 Å². The predicted molar refractivity (Wildman–Crippen MR) is 63.4 cm³/mol. The summed E-state index contributed by atoms with van der Waals surface area (Å²) in [7, 11) is 0. The highest BCUT2D eigenvalue weighted by Gasteiger charge is 2.27. The Kier molecular flexibility index (Phi) is 4.73. The van der Waals surface area contributed by atoms with E-state index in [2.05, 4.69) is 0 Å². The van der Waals surface area contributed by atoms with Gasteiger partial charge in [0.05, 0.1) is 23.0 Å². The first-order valence-electron chi connectivity index (χ1n) is 5.32. The summed E-state index contributed by atoms with van der Waals surface area (Å²) in [5.74, 6) is -2.15. The first-order valence-corrected chi connectivity index (χ1v) is 5.32. The number of rotatable bonds is 6. The Labute approximate surface area is 111 Å². The van der Waals surface area contributed by atoms with Gasteiger partial charge in [0.2, 0.25) is 0 Å². The van der Waals surface area contributed by atoms with Gasteiger partial charge in [-0.3, -0.25) is 19.7 Å². The Bertz CT molecular complexity index is 556. The van der Waals surface area contributed by atoms with E-state index in [1.807, 2.05) is 0 Å². The number of aliphatic hydroxyl groups excluding tert-OH is 2. The fraction of sp³-hybridized carbons (Fsp3) is 0.273. The van der Waals surface area contributed by atoms with Gasteiger partial charge < -0.3 is 20.4 Å². The number of carbonyl (C=O) groups excluding carboxylic acids is 1. The Morgan fingerprint density at radius 2 is 2.00 bits per heavy atom. The summed E-state index contributed by atoms with van der Waals surface area (Å²) in [5.41, 5.74) is -1.52. The minimum atomic E-state index is -1.88. The van der Waals surface area contributed by atoms with Crippen molar-refractivity contribution in [1.82, 2.24) is 0 Å². The molecule has 0 heterocycles. The number of phenols is 1. The maximum Gasteiger partial charge on any atom is 0.306 e. The van der Waals surface area contributed by atoms with E-state index in [1.165, 1.54) is 0 Å². The molecule has 1 rings (SSSR count). The average Bonchev–Trinajstić information content (AvgIpc) is 2.37. The summed E-state index contributed by atoms with van der Waals surface area (Å²) in [6, 6.07) is 1.56. The smallest absolute Gasteiger partial charge is 0.306 e. The van der Waals surface area contributed by atoms with Crippen LogP contribution in [0.15, 0.2) is 12.1 Å². The first kappa shape index (κ1) is 15.5. The van der Waals surface area contributed by atoms with Crippen molar-refractivity contribution in [3.8, 4) is 5.75 Å². The van der Waals surface area contributed by atoms with Crippen molar-refractivity contribution in [2.45, 2.75) is 18.6 Å². The SMILES string of the molecule is O=Cc1cc([N+](=O)[O-])cc(C(O)C(O)CC(=O)O)c1O. The van der Waals surface area contributed by atoms with Gasteiger partial charge in [0.15, 0.2) is 6.29 Å². The Morgan fingerprint density at radius 1 is 1.40 bits per heavy atom. The van der Waals surface area contributed by atoms with Crippen LogP contribution in [0.5, 0.6) is 5.75 Å². The fourth-order valence-electron chi connectivity index (χ4n) is 1.58. The number of phenolic OH excluding ortho intramolecular Hbond substituents is 1. The van der Waals surface area contributed by atoms with E-state index < -0.39 is 52.1 Å². The van der Waals surface area contributed by atoms with Crippen LogP contribution in [0.1, 0.15) is 28.4 Å². The molecule has 0 aliphatic heterocycles. The van der Waals surface area contributed by atoms with Gasteiger partial charge in [-0.15, -0.1) is 0 Å². The lowest BCUT2D eigenvalue weighted by atomic mass is 9.98. The zero-order valence-corrected chi connectivity index (χ0v) is 9.96. The number of nitro benzene ring substituents is 1. The maximum atomic E-state index is 10.7. The van der Waals surface area contributed by atoms with Crippen molar-refractivity contribution >= 4 is 17.9 Å². The minimum absolute atomic E-state index is 0.141. The molecule has 2 atom stereocenters. The fourth-order valence-corrected chi connectivity index (χ4v) is 1.58. The van der Waals surface area contributed by atoms with Gasteiger partial charge in [-0.2, -0.15) is 0 Å². The van der Waals surface area contributed by atoms with Crippen LogP contribution in [0.2, 0.25) is 0 Å². The molecule has 0 saturated carbocycles. The monoisotopic (exact) mass is 285 g/mol. The van der Waals surface area contributed by atoms with Crippen molar-refractivity contribution in [2.75, 3.05) is 0 Å². The number of nitrogens with zero attached hydrogens (tertiary/aromatic N) is 1. The maximum absolute atomic E-state index is 10.7. The number of carbonyl (C=O) groups is 2. The molecule has 1 aromatic rings. The molecule has 9 heteroatoms. The number of nitro groups is 1. The lowest BCUT2D eigenvalue weighted by molar-refractivity contribution is -0.385. The molecule has 0 aliphatic rings. The minimum Gasteiger partial charge on any atom is -0.507 e. The number of benzene rings is 1. The third-order valence-corrected chi connectivity index (χ3v) is 2.56. The molecule has 0 bridgehead atoms. The number of aliphatic carboxylic acids is 1. The molecule has 1 aromatic carbocycles. The highest BCUT2D eigenvalue weighted by atomic mass is 16.6. The third kappa shape index (κ3) is 3.28. The normalized spacial score (nSPS) is 13.5. The zero-order valence-electron chi connectivity index (χ0n) is 9.96. The van der Waals surface area contributed by atoms with E-state index in [-0.39, 0.29) is 6.29 Å². The summed E-state index contributed by atoms with van der Waals surface area (Å²) < 4.78 is 0. The second-order valence-electron chi connectivity index (χ2n) is 3.96. The molecular weight excluding hydrogens is 274 g/mol. The molecule has 0 spiro atoms. The Hall–Kier alpha value is -2.52. The molecule has 2 unspecified atom stereocenters.